The summed E-state index contributed by atoms with van der Waals surface area (Å²) in [7, 11) is 0. The summed E-state index contributed by atoms with van der Waals surface area (Å²) in [4.78, 5) is 29.2. The number of ether oxygens (including phenoxy) is 1. The molecule has 2 heterocycles. The molecule has 2 aromatic carbocycles. The van der Waals surface area contributed by atoms with Crippen LogP contribution in [0.5, 0.6) is 0 Å². The molecule has 0 spiro atoms. The van der Waals surface area contributed by atoms with E-state index in [2.05, 4.69) is 0 Å². The Labute approximate surface area is 230 Å². The number of benzene rings is 2. The van der Waals surface area contributed by atoms with E-state index in [9.17, 15) is 22.8 Å². The van der Waals surface area contributed by atoms with Gasteiger partial charge in [0.1, 0.15) is 5.60 Å². The molecule has 2 aliphatic rings. The van der Waals surface area contributed by atoms with E-state index in [0.717, 1.165) is 6.07 Å². The Morgan fingerprint density at radius 1 is 1.00 bits per heavy atom. The summed E-state index contributed by atoms with van der Waals surface area (Å²) in [5.41, 5.74) is -0.501. The van der Waals surface area contributed by atoms with Crippen molar-refractivity contribution in [2.75, 3.05) is 19.6 Å². The predicted molar refractivity (Wildman–Crippen MR) is 141 cm³/mol. The molecule has 4 rings (SSSR count). The Bertz CT molecular complexity index is 1180. The van der Waals surface area contributed by atoms with Gasteiger partial charge in [0.15, 0.2) is 0 Å². The van der Waals surface area contributed by atoms with Gasteiger partial charge in [-0.05, 0) is 81.3 Å². The van der Waals surface area contributed by atoms with Crippen molar-refractivity contribution in [1.29, 1.82) is 0 Å². The maximum absolute atomic E-state index is 13.5. The molecule has 0 aliphatic carbocycles. The topological polar surface area (TPSA) is 49.9 Å². The zero-order valence-electron chi connectivity index (χ0n) is 21.6. The van der Waals surface area contributed by atoms with Crippen molar-refractivity contribution >= 4 is 35.2 Å². The fourth-order valence-corrected chi connectivity index (χ4v) is 5.82. The van der Waals surface area contributed by atoms with E-state index < -0.39 is 17.3 Å². The van der Waals surface area contributed by atoms with Gasteiger partial charge in [-0.2, -0.15) is 13.2 Å². The van der Waals surface area contributed by atoms with Gasteiger partial charge in [0.2, 0.25) is 5.91 Å². The van der Waals surface area contributed by atoms with Crippen LogP contribution in [-0.4, -0.2) is 53.1 Å². The number of hydrogen-bond acceptors (Lipinski definition) is 3. The average molecular weight is 571 g/mol. The number of nitrogens with zero attached hydrogens (tertiary/aromatic N) is 2. The standard InChI is InChI=1S/C28H31Cl2F3N2O3/c1-27(2,3)38-26(37)34-11-9-19(10-12-34)35-13-8-17(25(35)36)14-21-23(29)15-18(16-24(21)30)20-6-4-5-7-22(20)28(31,32)33/h4-7,15-17,19H,8-14H2,1-3H3. The first-order chi connectivity index (χ1) is 17.7. The van der Waals surface area contributed by atoms with Crippen molar-refractivity contribution in [2.24, 2.45) is 5.92 Å². The van der Waals surface area contributed by atoms with Crippen LogP contribution in [0, 0.1) is 5.92 Å². The zero-order valence-corrected chi connectivity index (χ0v) is 23.1. The fraction of sp³-hybridized carbons (Fsp3) is 0.500. The molecule has 1 atom stereocenters. The summed E-state index contributed by atoms with van der Waals surface area (Å²) in [6.07, 6.45) is -2.57. The van der Waals surface area contributed by atoms with Gasteiger partial charge in [0.05, 0.1) is 5.56 Å². The number of amides is 2. The average Bonchev–Trinajstić information content (AvgIpc) is 3.19. The van der Waals surface area contributed by atoms with Gasteiger partial charge in [-0.25, -0.2) is 4.79 Å². The molecule has 0 N–H and O–H groups in total. The van der Waals surface area contributed by atoms with Gasteiger partial charge in [-0.1, -0.05) is 41.4 Å². The monoisotopic (exact) mass is 570 g/mol. The van der Waals surface area contributed by atoms with Crippen LogP contribution in [0.4, 0.5) is 18.0 Å². The molecular formula is C28H31Cl2F3N2O3. The van der Waals surface area contributed by atoms with Crippen LogP contribution in [0.3, 0.4) is 0 Å². The third-order valence-electron chi connectivity index (χ3n) is 7.04. The Balaban J connectivity index is 1.42. The van der Waals surface area contributed by atoms with E-state index in [1.165, 1.54) is 30.3 Å². The number of alkyl halides is 3. The second-order valence-corrected chi connectivity index (χ2v) is 11.7. The van der Waals surface area contributed by atoms with Crippen LogP contribution < -0.4 is 0 Å². The predicted octanol–water partition coefficient (Wildman–Crippen LogP) is 7.47. The number of carbonyl (C=O) groups is 2. The number of rotatable bonds is 4. The molecule has 2 amide bonds. The highest BCUT2D eigenvalue weighted by atomic mass is 35.5. The van der Waals surface area contributed by atoms with E-state index in [1.807, 2.05) is 25.7 Å². The Morgan fingerprint density at radius 2 is 1.61 bits per heavy atom. The fourth-order valence-electron chi connectivity index (χ4n) is 5.18. The first-order valence-corrected chi connectivity index (χ1v) is 13.4. The number of piperidine rings is 1. The summed E-state index contributed by atoms with van der Waals surface area (Å²) in [6.45, 7) is 7.13. The van der Waals surface area contributed by atoms with Crippen molar-refractivity contribution < 1.29 is 27.5 Å². The highest BCUT2D eigenvalue weighted by Gasteiger charge is 2.39. The quantitative estimate of drug-likeness (QED) is 0.383. The first-order valence-electron chi connectivity index (χ1n) is 12.7. The van der Waals surface area contributed by atoms with E-state index in [0.29, 0.717) is 50.9 Å². The van der Waals surface area contributed by atoms with Gasteiger partial charge in [0.25, 0.3) is 0 Å². The van der Waals surface area contributed by atoms with Crippen LogP contribution in [0.1, 0.15) is 51.2 Å². The lowest BCUT2D eigenvalue weighted by Crippen LogP contribution is -2.48. The van der Waals surface area contributed by atoms with Crippen LogP contribution >= 0.6 is 23.2 Å². The Kier molecular flexibility index (Phi) is 8.24. The van der Waals surface area contributed by atoms with Crippen molar-refractivity contribution in [3.05, 3.63) is 57.6 Å². The minimum atomic E-state index is -4.52. The van der Waals surface area contributed by atoms with Gasteiger partial charge in [-0.15, -0.1) is 0 Å². The number of carbonyl (C=O) groups excluding carboxylic acids is 2. The number of halogens is 5. The maximum Gasteiger partial charge on any atom is 0.417 e. The summed E-state index contributed by atoms with van der Waals surface area (Å²) >= 11 is 13.0. The molecule has 5 nitrogen and oxygen atoms in total. The first kappa shape index (κ1) is 28.6. The lowest BCUT2D eigenvalue weighted by atomic mass is 9.94. The Hall–Kier alpha value is -2.45. The van der Waals surface area contributed by atoms with Crippen molar-refractivity contribution in [1.82, 2.24) is 9.80 Å². The lowest BCUT2D eigenvalue weighted by molar-refractivity contribution is -0.137. The Morgan fingerprint density at radius 3 is 2.18 bits per heavy atom. The minimum Gasteiger partial charge on any atom is -0.444 e. The van der Waals surface area contributed by atoms with E-state index in [-0.39, 0.29) is 45.1 Å². The smallest absolute Gasteiger partial charge is 0.417 e. The summed E-state index contributed by atoms with van der Waals surface area (Å²) < 4.78 is 46.0. The van der Waals surface area contributed by atoms with Gasteiger partial charge in [-0.3, -0.25) is 4.79 Å². The third-order valence-corrected chi connectivity index (χ3v) is 7.72. The molecule has 0 aromatic heterocycles. The molecule has 10 heteroatoms. The molecule has 2 fully saturated rings. The third kappa shape index (κ3) is 6.40. The molecule has 2 aliphatic heterocycles. The van der Waals surface area contributed by atoms with E-state index >= 15 is 0 Å². The van der Waals surface area contributed by atoms with Gasteiger partial charge < -0.3 is 14.5 Å². The lowest BCUT2D eigenvalue weighted by Gasteiger charge is -2.37. The molecule has 2 saturated heterocycles. The van der Waals surface area contributed by atoms with Gasteiger partial charge >= 0.3 is 12.3 Å². The van der Waals surface area contributed by atoms with Crippen LogP contribution in [0.15, 0.2) is 36.4 Å². The molecular weight excluding hydrogens is 540 g/mol. The normalized spacial score (nSPS) is 19.3. The summed E-state index contributed by atoms with van der Waals surface area (Å²) in [6, 6.07) is 8.28. The highest BCUT2D eigenvalue weighted by Crippen LogP contribution is 2.41. The van der Waals surface area contributed by atoms with Crippen molar-refractivity contribution in [3.8, 4) is 11.1 Å². The maximum atomic E-state index is 13.5. The van der Waals surface area contributed by atoms with Crippen LogP contribution in [0.2, 0.25) is 10.0 Å². The van der Waals surface area contributed by atoms with E-state index in [4.69, 9.17) is 27.9 Å². The van der Waals surface area contributed by atoms with Gasteiger partial charge in [0, 0.05) is 41.6 Å². The highest BCUT2D eigenvalue weighted by molar-refractivity contribution is 6.36. The van der Waals surface area contributed by atoms with Crippen LogP contribution in [-0.2, 0) is 22.1 Å². The van der Waals surface area contributed by atoms with Crippen LogP contribution in [0.25, 0.3) is 11.1 Å². The van der Waals surface area contributed by atoms with Crippen molar-refractivity contribution in [3.63, 3.8) is 0 Å². The molecule has 206 valence electrons. The summed E-state index contributed by atoms with van der Waals surface area (Å²) in [5.74, 6) is -0.304. The molecule has 0 radical (unpaired) electrons. The van der Waals surface area contributed by atoms with Crippen molar-refractivity contribution in [2.45, 2.75) is 64.3 Å². The molecule has 0 bridgehead atoms. The summed E-state index contributed by atoms with van der Waals surface area (Å²) in [5, 5.41) is 0.475. The molecule has 0 saturated carbocycles. The number of likely N-dealkylation sites (tertiary alicyclic amines) is 2. The molecule has 1 unspecified atom stereocenters. The minimum absolute atomic E-state index is 0.00353. The zero-order chi connectivity index (χ0) is 27.8. The molecule has 38 heavy (non-hydrogen) atoms. The molecule has 2 aromatic rings. The van der Waals surface area contributed by atoms with E-state index in [1.54, 1.807) is 4.90 Å². The second kappa shape index (κ2) is 11.0. The SMILES string of the molecule is CC(C)(C)OC(=O)N1CCC(N2CCC(Cc3c(Cl)cc(-c4ccccc4C(F)(F)F)cc3Cl)C2=O)CC1. The largest absolute Gasteiger partial charge is 0.444 e. The second-order valence-electron chi connectivity index (χ2n) is 10.9. The number of hydrogen-bond donors (Lipinski definition) is 0.